The lowest BCUT2D eigenvalue weighted by atomic mass is 10.0. The number of halogens is 8. The highest BCUT2D eigenvalue weighted by molar-refractivity contribution is 6.42. The second kappa shape index (κ2) is 49.8. The molecule has 778 valence electrons. The molecule has 20 rings (SSSR count). The van der Waals surface area contributed by atoms with Crippen LogP contribution in [-0.4, -0.2) is 173 Å². The second-order valence-corrected chi connectivity index (χ2v) is 41.0. The third-order valence-electron chi connectivity index (χ3n) is 26.4. The fourth-order valence-electron chi connectivity index (χ4n) is 18.0. The Morgan fingerprint density at radius 1 is 0.426 bits per heavy atom. The average molecular weight is 2100 g/mol. The van der Waals surface area contributed by atoms with Crippen molar-refractivity contribution in [1.29, 1.82) is 0 Å². The van der Waals surface area contributed by atoms with E-state index in [0.717, 1.165) is 163 Å². The van der Waals surface area contributed by atoms with Gasteiger partial charge in [0, 0.05) is 118 Å². The Bertz CT molecular complexity index is 7160. The number of ether oxygens (including phenoxy) is 3. The summed E-state index contributed by atoms with van der Waals surface area (Å²) in [5.74, 6) is 7.07. The van der Waals surface area contributed by atoms with E-state index in [1.807, 2.05) is 116 Å². The lowest BCUT2D eigenvalue weighted by Gasteiger charge is -2.25. The molecular weight excluding hydrogens is 1970 g/mol. The van der Waals surface area contributed by atoms with Crippen molar-refractivity contribution < 1.29 is 55.7 Å². The summed E-state index contributed by atoms with van der Waals surface area (Å²) in [4.78, 5) is 121. The van der Waals surface area contributed by atoms with Gasteiger partial charge in [0.25, 0.3) is 23.6 Å². The molecule has 148 heavy (non-hydrogen) atoms. The summed E-state index contributed by atoms with van der Waals surface area (Å²) < 4.78 is 81.9. The molecule has 4 fully saturated rings. The first kappa shape index (κ1) is 108. The molecule has 15 aromatic rings. The van der Waals surface area contributed by atoms with Gasteiger partial charge in [-0.2, -0.15) is 13.2 Å². The Balaban J connectivity index is 0.000000132. The Hall–Kier alpha value is -13.2. The maximum atomic E-state index is 14.5. The van der Waals surface area contributed by atoms with E-state index in [9.17, 15) is 41.5 Å². The summed E-state index contributed by atoms with van der Waals surface area (Å²) in [6, 6.07) is 44.6. The summed E-state index contributed by atoms with van der Waals surface area (Å²) in [7, 11) is 1.56. The normalized spacial score (nSPS) is 13.6. The first-order chi connectivity index (χ1) is 71.5. The van der Waals surface area contributed by atoms with E-state index in [1.165, 1.54) is 43.4 Å². The van der Waals surface area contributed by atoms with E-state index in [0.29, 0.717) is 178 Å². The molecule has 0 atom stereocenters. The van der Waals surface area contributed by atoms with Gasteiger partial charge in [0.05, 0.1) is 73.0 Å². The van der Waals surface area contributed by atoms with Crippen molar-refractivity contribution in [3.63, 3.8) is 0 Å². The fourth-order valence-corrected chi connectivity index (χ4v) is 18.6. The van der Waals surface area contributed by atoms with Crippen LogP contribution in [0.5, 0.6) is 17.2 Å². The van der Waals surface area contributed by atoms with Crippen LogP contribution < -0.4 is 14.2 Å². The summed E-state index contributed by atoms with van der Waals surface area (Å²) in [5, 5.41) is 2.02. The molecule has 36 heteroatoms. The maximum absolute atomic E-state index is 14.5. The predicted molar refractivity (Wildman–Crippen MR) is 567 cm³/mol. The smallest absolute Gasteiger partial charge is 0.417 e. The van der Waals surface area contributed by atoms with Crippen molar-refractivity contribution in [3.8, 4) is 17.2 Å². The standard InChI is InChI=1S/C23H27ClN4O.C23H24F4N4O.C23H28N4O3.C22H25ClN4O2.C21H22Cl2N4O/c1-16(2)13-27(22(29)12-17-7-9-19(24)10-8-17)15-21-26-20-4-3-11-25-23(20)28(21)14-18-5-6-18;1-2-3-12-30(22(32)20-16(23(25,26)27)6-4-7-17(20)24)14-19-29-18-8-5-11-28-21(18)31(19)13-15-9-10-15;1-4-11-27-21(25-18-6-5-10-24-22(18)27)14-26(12-9-16(2)3)23(28)17-7-8-19-20(13-17)30-15-29-19;1-3-11-26(22(28)17-12-16(23)8-9-19(17)29-2)14-20-25-18-5-4-10-24-21(18)27(20)13-15-6-7-15;1-2-10-26(21(28)15-7-8-16(22)17(23)11-15)13-19-25-18-4-3-9-24-20(18)27(19)12-14-5-6-14/h3-4,7-11,16,18H,5-6,12-15H2,1-2H3;4-8,11,15H,2-3,9-10,12-14H2,1H3;5-8,10,13,16H,4,9,11-12,14-15H2,1-3H3;4-5,8-10,12,15H,3,6-7,11,13-14H2,1-2H3;3-4,7-9,11,14H,2,5-6,10,12-13H2,1H3. The summed E-state index contributed by atoms with van der Waals surface area (Å²) in [6.07, 6.45) is 18.9. The number of hydrogen-bond acceptors (Lipinski definition) is 18. The first-order valence-corrected chi connectivity index (χ1v) is 52.8. The number of pyridine rings is 5. The fraction of sp³-hybridized carbons (Fsp3) is 0.420. The lowest BCUT2D eigenvalue weighted by Crippen LogP contribution is -2.35. The molecule has 28 nitrogen and oxygen atoms in total. The number of unbranched alkanes of at least 4 members (excludes halogenated alkanes) is 1. The monoisotopic (exact) mass is 2090 g/mol. The Morgan fingerprint density at radius 3 is 1.27 bits per heavy atom. The summed E-state index contributed by atoms with van der Waals surface area (Å²) in [6.45, 7) is 25.8. The minimum atomic E-state index is -4.84. The number of carbonyl (C=O) groups is 5. The molecule has 1 aliphatic heterocycles. The number of alkyl halides is 3. The maximum Gasteiger partial charge on any atom is 0.417 e. The largest absolute Gasteiger partial charge is 0.496 e. The minimum absolute atomic E-state index is 0.0203. The van der Waals surface area contributed by atoms with Gasteiger partial charge in [-0.3, -0.25) is 24.0 Å². The first-order valence-electron chi connectivity index (χ1n) is 51.3. The third kappa shape index (κ3) is 27.7. The number of carbonyl (C=O) groups excluding carboxylic acids is 5. The van der Waals surface area contributed by atoms with Gasteiger partial charge in [0.2, 0.25) is 12.7 Å². The molecule has 0 bridgehead atoms. The molecule has 4 aliphatic carbocycles. The highest BCUT2D eigenvalue weighted by Gasteiger charge is 2.40. The Kier molecular flexibility index (Phi) is 36.2. The zero-order chi connectivity index (χ0) is 104. The SMILES string of the molecule is CC(C)CN(Cc1nc2cccnc2n1CC1CC1)C(=O)Cc1ccc(Cl)cc1.CCCCN(Cc1nc2cccnc2n1CC1CC1)C(=O)c1c(F)cccc1C(F)(F)F.CCCN(Cc1nc2cccnc2n1CC1CC1)C(=O)c1cc(Cl)ccc1OC.CCCN(Cc1nc2cccnc2n1CC1CC1)C(=O)c1ccc(Cl)c(Cl)c1.CCCn1c(CN(CCC(C)C)C(=O)c2ccc3c(c2)OCO3)nc2cccnc21. The van der Waals surface area contributed by atoms with E-state index >= 15 is 0 Å². The van der Waals surface area contributed by atoms with Crippen molar-refractivity contribution in [1.82, 2.24) is 97.2 Å². The van der Waals surface area contributed by atoms with Crippen LogP contribution in [0.25, 0.3) is 55.8 Å². The van der Waals surface area contributed by atoms with Crippen molar-refractivity contribution in [2.45, 2.75) is 223 Å². The van der Waals surface area contributed by atoms with Gasteiger partial charge >= 0.3 is 6.18 Å². The van der Waals surface area contributed by atoms with Crippen LogP contribution in [0.3, 0.4) is 0 Å². The van der Waals surface area contributed by atoms with Crippen LogP contribution in [-0.2, 0) is 82.8 Å². The number of amides is 5. The highest BCUT2D eigenvalue weighted by atomic mass is 35.5. The van der Waals surface area contributed by atoms with Crippen LogP contribution in [0.4, 0.5) is 17.6 Å². The molecule has 5 amide bonds. The van der Waals surface area contributed by atoms with Gasteiger partial charge in [0.15, 0.2) is 39.7 Å². The molecular formula is C112H126Cl4F4N20O8. The third-order valence-corrected chi connectivity index (χ3v) is 27.6. The minimum Gasteiger partial charge on any atom is -0.496 e. The van der Waals surface area contributed by atoms with Crippen LogP contribution in [0.15, 0.2) is 189 Å². The van der Waals surface area contributed by atoms with Crippen molar-refractivity contribution >= 4 is 132 Å². The molecule has 0 radical (unpaired) electrons. The van der Waals surface area contributed by atoms with Crippen molar-refractivity contribution in [2.75, 3.05) is 46.6 Å². The molecule has 0 spiro atoms. The molecule has 4 saturated carbocycles. The van der Waals surface area contributed by atoms with Gasteiger partial charge in [-0.15, -0.1) is 0 Å². The van der Waals surface area contributed by atoms with Gasteiger partial charge in [-0.1, -0.05) is 126 Å². The number of rotatable bonds is 39. The Labute approximate surface area is 878 Å². The Morgan fingerprint density at radius 2 is 0.845 bits per heavy atom. The van der Waals surface area contributed by atoms with E-state index in [-0.39, 0.29) is 43.5 Å². The topological polar surface area (TPSA) is 283 Å². The number of hydrogen-bond donors (Lipinski definition) is 0. The van der Waals surface area contributed by atoms with Crippen LogP contribution in [0.2, 0.25) is 20.1 Å². The van der Waals surface area contributed by atoms with Crippen molar-refractivity contribution in [3.05, 3.63) is 277 Å². The summed E-state index contributed by atoms with van der Waals surface area (Å²) >= 11 is 24.2. The van der Waals surface area contributed by atoms with Crippen LogP contribution >= 0.6 is 46.4 Å². The summed E-state index contributed by atoms with van der Waals surface area (Å²) in [5.41, 5.74) is 8.77. The number of aromatic nitrogens is 15. The molecule has 5 aliphatic rings. The van der Waals surface area contributed by atoms with E-state index < -0.39 is 29.0 Å². The number of nitrogens with zero attached hydrogens (tertiary/aromatic N) is 20. The van der Waals surface area contributed by atoms with Gasteiger partial charge in [-0.25, -0.2) is 54.2 Å². The zero-order valence-corrected chi connectivity index (χ0v) is 88.0. The molecule has 0 saturated heterocycles. The average Bonchev–Trinajstić information content (AvgIpc) is 1.57. The molecule has 5 aromatic carbocycles. The number of imidazole rings is 5. The molecule has 0 N–H and O–H groups in total. The van der Waals surface area contributed by atoms with Crippen LogP contribution in [0.1, 0.15) is 227 Å². The molecule has 11 heterocycles. The zero-order valence-electron chi connectivity index (χ0n) is 85.0. The highest BCUT2D eigenvalue weighted by Crippen LogP contribution is 2.41. The quantitative estimate of drug-likeness (QED) is 0.0324. The van der Waals surface area contributed by atoms with E-state index in [4.69, 9.17) is 80.6 Å². The number of fused-ring (bicyclic) bond motifs is 6. The predicted octanol–water partition coefficient (Wildman–Crippen LogP) is 24.2. The second-order valence-electron chi connectivity index (χ2n) is 39.4. The van der Waals surface area contributed by atoms with E-state index in [2.05, 4.69) is 96.6 Å². The number of methoxy groups -OCH3 is 1. The van der Waals surface area contributed by atoms with Gasteiger partial charge in [-0.05, 0) is 264 Å². The molecule has 10 aromatic heterocycles. The molecule has 0 unspecified atom stereocenters. The lowest BCUT2D eigenvalue weighted by molar-refractivity contribution is -0.138. The van der Waals surface area contributed by atoms with Crippen molar-refractivity contribution in [2.24, 2.45) is 35.5 Å². The van der Waals surface area contributed by atoms with Crippen LogP contribution in [0, 0.1) is 41.3 Å². The number of aryl methyl sites for hydroxylation is 1. The van der Waals surface area contributed by atoms with Gasteiger partial charge in [0.1, 0.15) is 68.3 Å². The van der Waals surface area contributed by atoms with Gasteiger partial charge < -0.3 is 61.5 Å². The van der Waals surface area contributed by atoms with E-state index in [1.54, 1.807) is 92.6 Å². The number of benzene rings is 5.